The predicted octanol–water partition coefficient (Wildman–Crippen LogP) is 1.97. The van der Waals surface area contributed by atoms with Crippen LogP contribution in [0.15, 0.2) is 18.2 Å². The number of hydrogen-bond donors (Lipinski definition) is 1. The number of ether oxygens (including phenoxy) is 2. The van der Waals surface area contributed by atoms with Crippen LogP contribution in [0.5, 0.6) is 11.5 Å². The van der Waals surface area contributed by atoms with Crippen LogP contribution >= 0.6 is 12.4 Å². The van der Waals surface area contributed by atoms with Gasteiger partial charge in [-0.2, -0.15) is 0 Å². The van der Waals surface area contributed by atoms with Gasteiger partial charge >= 0.3 is 0 Å². The Morgan fingerprint density at radius 2 is 2.07 bits per heavy atom. The molecule has 0 fully saturated rings. The van der Waals surface area contributed by atoms with E-state index >= 15 is 0 Å². The third-order valence-corrected chi connectivity index (χ3v) is 1.79. The lowest BCUT2D eigenvalue weighted by atomic mass is 10.2. The van der Waals surface area contributed by atoms with Crippen molar-refractivity contribution in [1.82, 2.24) is 0 Å². The highest BCUT2D eigenvalue weighted by atomic mass is 35.5. The smallest absolute Gasteiger partial charge is 0.165 e. The maximum Gasteiger partial charge on any atom is 0.165 e. The van der Waals surface area contributed by atoms with E-state index in [0.29, 0.717) is 13.2 Å². The first kappa shape index (κ1) is 13.1. The van der Waals surface area contributed by atoms with Crippen molar-refractivity contribution in [2.24, 2.45) is 5.73 Å². The summed E-state index contributed by atoms with van der Waals surface area (Å²) in [7, 11) is 1.62. The predicted molar refractivity (Wildman–Crippen MR) is 59.3 cm³/mol. The highest BCUT2D eigenvalue weighted by molar-refractivity contribution is 5.85. The van der Waals surface area contributed by atoms with Crippen molar-refractivity contribution in [3.8, 4) is 11.5 Å². The van der Waals surface area contributed by atoms with Gasteiger partial charge in [-0.1, -0.05) is 12.1 Å². The minimum Gasteiger partial charge on any atom is -0.493 e. The zero-order valence-electron chi connectivity index (χ0n) is 8.45. The molecule has 3 nitrogen and oxygen atoms in total. The molecular formula is C10H16ClNO2. The molecule has 80 valence electrons. The zero-order chi connectivity index (χ0) is 9.68. The van der Waals surface area contributed by atoms with Crippen molar-refractivity contribution >= 4 is 12.4 Å². The largest absolute Gasteiger partial charge is 0.493 e. The van der Waals surface area contributed by atoms with E-state index in [9.17, 15) is 0 Å². The molecule has 0 spiro atoms. The van der Waals surface area contributed by atoms with Crippen LogP contribution in [0.4, 0.5) is 0 Å². The minimum atomic E-state index is 0. The molecule has 0 radical (unpaired) electrons. The van der Waals surface area contributed by atoms with Gasteiger partial charge in [0.15, 0.2) is 11.5 Å². The summed E-state index contributed by atoms with van der Waals surface area (Å²) in [6.45, 7) is 3.02. The van der Waals surface area contributed by atoms with Crippen LogP contribution in [0, 0.1) is 0 Å². The summed E-state index contributed by atoms with van der Waals surface area (Å²) in [5.74, 6) is 1.50. The van der Waals surface area contributed by atoms with E-state index in [1.54, 1.807) is 7.11 Å². The molecule has 0 aliphatic carbocycles. The number of methoxy groups -OCH3 is 1. The van der Waals surface area contributed by atoms with E-state index in [1.165, 1.54) is 0 Å². The first-order valence-electron chi connectivity index (χ1n) is 4.32. The van der Waals surface area contributed by atoms with Gasteiger partial charge in [-0.3, -0.25) is 0 Å². The van der Waals surface area contributed by atoms with E-state index in [0.717, 1.165) is 17.1 Å². The lowest BCUT2D eigenvalue weighted by molar-refractivity contribution is 0.307. The van der Waals surface area contributed by atoms with Crippen LogP contribution in [0.1, 0.15) is 12.5 Å². The molecular weight excluding hydrogens is 202 g/mol. The van der Waals surface area contributed by atoms with Crippen LogP contribution in [0.3, 0.4) is 0 Å². The summed E-state index contributed by atoms with van der Waals surface area (Å²) < 4.78 is 10.6. The Hall–Kier alpha value is -0.930. The molecule has 0 aliphatic rings. The minimum absolute atomic E-state index is 0. The molecule has 0 bridgehead atoms. The highest BCUT2D eigenvalue weighted by Gasteiger charge is 2.07. The number of benzene rings is 1. The van der Waals surface area contributed by atoms with Gasteiger partial charge in [0.25, 0.3) is 0 Å². The third kappa shape index (κ3) is 2.79. The topological polar surface area (TPSA) is 44.5 Å². The monoisotopic (exact) mass is 217 g/mol. The van der Waals surface area contributed by atoms with Gasteiger partial charge in [-0.05, 0) is 13.0 Å². The van der Waals surface area contributed by atoms with Crippen LogP contribution in [-0.4, -0.2) is 13.7 Å². The quantitative estimate of drug-likeness (QED) is 0.839. The maximum atomic E-state index is 5.57. The Bertz CT molecular complexity index is 257. The Morgan fingerprint density at radius 1 is 1.36 bits per heavy atom. The number of para-hydroxylation sites is 1. The van der Waals surface area contributed by atoms with E-state index in [2.05, 4.69) is 0 Å². The van der Waals surface area contributed by atoms with Crippen LogP contribution < -0.4 is 15.2 Å². The van der Waals surface area contributed by atoms with Gasteiger partial charge in [0.05, 0.1) is 13.7 Å². The van der Waals surface area contributed by atoms with Crippen molar-refractivity contribution in [2.45, 2.75) is 13.5 Å². The fraction of sp³-hybridized carbons (Fsp3) is 0.400. The van der Waals surface area contributed by atoms with Gasteiger partial charge in [0, 0.05) is 12.1 Å². The van der Waals surface area contributed by atoms with Crippen molar-refractivity contribution in [1.29, 1.82) is 0 Å². The fourth-order valence-electron chi connectivity index (χ4n) is 1.19. The molecule has 1 aromatic carbocycles. The molecule has 1 rings (SSSR count). The summed E-state index contributed by atoms with van der Waals surface area (Å²) in [5, 5.41) is 0. The normalized spacial score (nSPS) is 9.07. The summed E-state index contributed by atoms with van der Waals surface area (Å²) in [4.78, 5) is 0. The van der Waals surface area contributed by atoms with Gasteiger partial charge < -0.3 is 15.2 Å². The van der Waals surface area contributed by atoms with Crippen molar-refractivity contribution < 1.29 is 9.47 Å². The number of hydrogen-bond acceptors (Lipinski definition) is 3. The van der Waals surface area contributed by atoms with Crippen LogP contribution in [-0.2, 0) is 6.54 Å². The number of halogens is 1. The Balaban J connectivity index is 0.00000169. The molecule has 0 atom stereocenters. The van der Waals surface area contributed by atoms with E-state index in [4.69, 9.17) is 15.2 Å². The molecule has 0 saturated carbocycles. The van der Waals surface area contributed by atoms with Gasteiger partial charge in [0.2, 0.25) is 0 Å². The van der Waals surface area contributed by atoms with Crippen molar-refractivity contribution in [3.63, 3.8) is 0 Å². The molecule has 0 aliphatic heterocycles. The van der Waals surface area contributed by atoms with Gasteiger partial charge in [-0.15, -0.1) is 12.4 Å². The average molecular weight is 218 g/mol. The second-order valence-corrected chi connectivity index (χ2v) is 2.59. The fourth-order valence-corrected chi connectivity index (χ4v) is 1.19. The SMILES string of the molecule is CCOc1c(CN)cccc1OC.Cl. The maximum absolute atomic E-state index is 5.57. The first-order valence-corrected chi connectivity index (χ1v) is 4.32. The molecule has 0 heterocycles. The average Bonchev–Trinajstić information content (AvgIpc) is 2.18. The van der Waals surface area contributed by atoms with Crippen LogP contribution in [0.2, 0.25) is 0 Å². The Labute approximate surface area is 90.6 Å². The van der Waals surface area contributed by atoms with Crippen molar-refractivity contribution in [3.05, 3.63) is 23.8 Å². The summed E-state index contributed by atoms with van der Waals surface area (Å²) in [6.07, 6.45) is 0. The molecule has 0 aromatic heterocycles. The standard InChI is InChI=1S/C10H15NO2.ClH/c1-3-13-10-8(7-11)5-4-6-9(10)12-2;/h4-6H,3,7,11H2,1-2H3;1H. The Morgan fingerprint density at radius 3 is 2.57 bits per heavy atom. The lowest BCUT2D eigenvalue weighted by Crippen LogP contribution is -2.03. The molecule has 1 aromatic rings. The van der Waals surface area contributed by atoms with Crippen molar-refractivity contribution in [2.75, 3.05) is 13.7 Å². The summed E-state index contributed by atoms with van der Waals surface area (Å²) >= 11 is 0. The zero-order valence-corrected chi connectivity index (χ0v) is 9.26. The first-order chi connectivity index (χ1) is 6.33. The second kappa shape index (κ2) is 6.51. The summed E-state index contributed by atoms with van der Waals surface area (Å²) in [5.41, 5.74) is 6.54. The van der Waals surface area contributed by atoms with Gasteiger partial charge in [0.1, 0.15) is 0 Å². The molecule has 14 heavy (non-hydrogen) atoms. The lowest BCUT2D eigenvalue weighted by Gasteiger charge is -2.12. The molecule has 4 heteroatoms. The van der Waals surface area contributed by atoms with E-state index < -0.39 is 0 Å². The van der Waals surface area contributed by atoms with E-state index in [1.807, 2.05) is 25.1 Å². The van der Waals surface area contributed by atoms with Crippen LogP contribution in [0.25, 0.3) is 0 Å². The molecule has 0 saturated heterocycles. The molecule has 2 N–H and O–H groups in total. The van der Waals surface area contributed by atoms with E-state index in [-0.39, 0.29) is 12.4 Å². The van der Waals surface area contributed by atoms with Gasteiger partial charge in [-0.25, -0.2) is 0 Å². The molecule has 0 amide bonds. The third-order valence-electron chi connectivity index (χ3n) is 1.79. The Kier molecular flexibility index (Phi) is 6.08. The highest BCUT2D eigenvalue weighted by Crippen LogP contribution is 2.30. The molecule has 0 unspecified atom stereocenters. The number of rotatable bonds is 4. The second-order valence-electron chi connectivity index (χ2n) is 2.59. The summed E-state index contributed by atoms with van der Waals surface area (Å²) in [6, 6.07) is 5.71. The number of nitrogens with two attached hydrogens (primary N) is 1.